The molecule has 4 rings (SSSR count). The monoisotopic (exact) mass is 505 g/mol. The summed E-state index contributed by atoms with van der Waals surface area (Å²) in [5.74, 6) is -1.37. The Balaban J connectivity index is 1.44. The average molecular weight is 506 g/mol. The van der Waals surface area contributed by atoms with Gasteiger partial charge >= 0.3 is 6.18 Å². The van der Waals surface area contributed by atoms with Gasteiger partial charge in [-0.2, -0.15) is 13.2 Å². The predicted octanol–water partition coefficient (Wildman–Crippen LogP) is 5.78. The van der Waals surface area contributed by atoms with Crippen molar-refractivity contribution >= 4 is 51.5 Å². The first-order chi connectivity index (χ1) is 16.1. The minimum atomic E-state index is -4.68. The smallest absolute Gasteiger partial charge is 0.306 e. The first kappa shape index (κ1) is 23.7. The van der Waals surface area contributed by atoms with E-state index in [-0.39, 0.29) is 28.8 Å². The molecule has 3 heterocycles. The fraction of sp³-hybridized carbons (Fsp3) is 0.182. The number of anilines is 1. The topological polar surface area (TPSA) is 97.7 Å². The molecule has 0 radical (unpaired) electrons. The summed E-state index contributed by atoms with van der Waals surface area (Å²) >= 11 is 6.60. The summed E-state index contributed by atoms with van der Waals surface area (Å²) < 4.78 is 39.1. The molecule has 0 unspecified atom stereocenters. The number of nitrogens with zero attached hydrogens (tertiary/aromatic N) is 4. The molecular weight excluding hydrogens is 491 g/mol. The van der Waals surface area contributed by atoms with Gasteiger partial charge in [0.05, 0.1) is 32.8 Å². The number of hydrogen-bond donors (Lipinski definition) is 1. The van der Waals surface area contributed by atoms with Crippen molar-refractivity contribution < 1.29 is 22.8 Å². The highest BCUT2D eigenvalue weighted by Crippen LogP contribution is 2.35. The van der Waals surface area contributed by atoms with E-state index in [2.05, 4.69) is 25.3 Å². The lowest BCUT2D eigenvalue weighted by Gasteiger charge is -2.10. The van der Waals surface area contributed by atoms with Crippen LogP contribution in [0, 0.1) is 0 Å². The van der Waals surface area contributed by atoms with Gasteiger partial charge in [-0.15, -0.1) is 11.3 Å². The van der Waals surface area contributed by atoms with E-state index in [1.807, 2.05) is 0 Å². The summed E-state index contributed by atoms with van der Waals surface area (Å²) in [5.41, 5.74) is 0.679. The zero-order chi connectivity index (χ0) is 24.5. The molecule has 34 heavy (non-hydrogen) atoms. The second-order valence-electron chi connectivity index (χ2n) is 7.35. The Labute approximate surface area is 200 Å². The summed E-state index contributed by atoms with van der Waals surface area (Å²) in [6.45, 7) is 1.80. The van der Waals surface area contributed by atoms with Crippen LogP contribution >= 0.6 is 22.9 Å². The van der Waals surface area contributed by atoms with Crippen molar-refractivity contribution in [3.05, 3.63) is 75.1 Å². The largest absolute Gasteiger partial charge is 0.418 e. The number of fused-ring (bicyclic) bond motifs is 1. The Morgan fingerprint density at radius 3 is 2.53 bits per heavy atom. The first-order valence-corrected chi connectivity index (χ1v) is 11.0. The lowest BCUT2D eigenvalue weighted by Crippen LogP contribution is -2.13. The van der Waals surface area contributed by atoms with Crippen LogP contribution in [0.15, 0.2) is 49.1 Å². The van der Waals surface area contributed by atoms with Crippen LogP contribution < -0.4 is 5.32 Å². The molecule has 4 aromatic rings. The van der Waals surface area contributed by atoms with Crippen LogP contribution in [0.2, 0.25) is 5.02 Å². The number of ketones is 1. The third kappa shape index (κ3) is 5.20. The Hall–Kier alpha value is -3.44. The van der Waals surface area contributed by atoms with Gasteiger partial charge in [0.1, 0.15) is 10.7 Å². The number of benzene rings is 1. The number of alkyl halides is 3. The van der Waals surface area contributed by atoms with Crippen molar-refractivity contribution in [3.63, 3.8) is 0 Å². The van der Waals surface area contributed by atoms with E-state index in [1.165, 1.54) is 6.20 Å². The Morgan fingerprint density at radius 1 is 1.06 bits per heavy atom. The van der Waals surface area contributed by atoms with Gasteiger partial charge in [-0.25, -0.2) is 9.97 Å². The number of carbonyl (C=O) groups is 2. The normalized spacial score (nSPS) is 12.5. The molecule has 0 aliphatic heterocycles. The molecule has 3 aromatic heterocycles. The summed E-state index contributed by atoms with van der Waals surface area (Å²) in [5, 5.41) is 2.29. The summed E-state index contributed by atoms with van der Waals surface area (Å²) in [7, 11) is 0. The van der Waals surface area contributed by atoms with E-state index in [1.54, 1.807) is 37.5 Å². The van der Waals surface area contributed by atoms with Crippen LogP contribution in [0.3, 0.4) is 0 Å². The van der Waals surface area contributed by atoms with Crippen molar-refractivity contribution in [1.82, 2.24) is 19.9 Å². The number of thiazole rings is 1. The first-order valence-electron chi connectivity index (χ1n) is 9.85. The van der Waals surface area contributed by atoms with Gasteiger partial charge < -0.3 is 5.32 Å². The maximum atomic E-state index is 13.0. The van der Waals surface area contributed by atoms with Crippen molar-refractivity contribution in [2.45, 2.75) is 25.4 Å². The Bertz CT molecular complexity index is 1390. The number of rotatable bonds is 6. The Kier molecular flexibility index (Phi) is 6.58. The molecule has 0 saturated carbocycles. The molecule has 0 fully saturated rings. The molecule has 1 amide bonds. The summed E-state index contributed by atoms with van der Waals surface area (Å²) in [6.07, 6.45) is 0.711. The maximum absolute atomic E-state index is 13.0. The van der Waals surface area contributed by atoms with Crippen LogP contribution in [-0.4, -0.2) is 31.6 Å². The molecule has 1 N–H and O–H groups in total. The van der Waals surface area contributed by atoms with E-state index in [4.69, 9.17) is 11.6 Å². The van der Waals surface area contributed by atoms with E-state index in [9.17, 15) is 22.8 Å². The van der Waals surface area contributed by atoms with E-state index in [0.29, 0.717) is 27.7 Å². The van der Waals surface area contributed by atoms with Gasteiger partial charge in [0, 0.05) is 36.5 Å². The fourth-order valence-electron chi connectivity index (χ4n) is 3.14. The number of aromatic nitrogens is 4. The molecule has 0 aliphatic rings. The highest BCUT2D eigenvalue weighted by atomic mass is 35.5. The van der Waals surface area contributed by atoms with E-state index >= 15 is 0 Å². The SMILES string of the molecule is C[C@@H](CC(=O)c1ccc2nccnc2c1)c1ncc(C(=O)Nc2cc(C(F)(F)F)c(Cl)cn2)s1. The zero-order valence-corrected chi connectivity index (χ0v) is 19.0. The third-order valence-electron chi connectivity index (χ3n) is 4.85. The Morgan fingerprint density at radius 2 is 1.79 bits per heavy atom. The van der Waals surface area contributed by atoms with Gasteiger partial charge in [-0.3, -0.25) is 19.6 Å². The van der Waals surface area contributed by atoms with Crippen LogP contribution in [0.1, 0.15) is 49.9 Å². The van der Waals surface area contributed by atoms with Crippen LogP contribution in [0.5, 0.6) is 0 Å². The van der Waals surface area contributed by atoms with Crippen molar-refractivity contribution in [2.24, 2.45) is 0 Å². The van der Waals surface area contributed by atoms with Gasteiger partial charge in [0.2, 0.25) is 0 Å². The van der Waals surface area contributed by atoms with Crippen LogP contribution in [0.4, 0.5) is 19.0 Å². The molecule has 0 saturated heterocycles. The fourth-order valence-corrected chi connectivity index (χ4v) is 4.22. The number of amides is 1. The maximum Gasteiger partial charge on any atom is 0.418 e. The number of halogens is 4. The number of nitrogens with one attached hydrogen (secondary N) is 1. The lowest BCUT2D eigenvalue weighted by molar-refractivity contribution is -0.137. The second-order valence-corrected chi connectivity index (χ2v) is 8.82. The highest BCUT2D eigenvalue weighted by Gasteiger charge is 2.34. The van der Waals surface area contributed by atoms with Crippen LogP contribution in [-0.2, 0) is 6.18 Å². The molecular formula is C22H15ClF3N5O2S. The number of carbonyl (C=O) groups excluding carboxylic acids is 2. The minimum Gasteiger partial charge on any atom is -0.306 e. The third-order valence-corrected chi connectivity index (χ3v) is 6.38. The highest BCUT2D eigenvalue weighted by molar-refractivity contribution is 7.13. The minimum absolute atomic E-state index is 0.119. The standard InChI is InChI=1S/C22H15ClF3N5O2S/c1-11(6-17(32)12-2-3-15-16(7-12)28-5-4-27-15)21-30-10-18(34-21)20(33)31-19-8-13(22(24,25)26)14(23)9-29-19/h2-5,7-11H,6H2,1H3,(H,29,31,33)/t11-/m0/s1. The number of Topliss-reactive ketones (excluding diaryl/α,β-unsaturated/α-hetero) is 1. The number of pyridine rings is 1. The van der Waals surface area contributed by atoms with Crippen molar-refractivity contribution in [3.8, 4) is 0 Å². The molecule has 0 spiro atoms. The number of hydrogen-bond acceptors (Lipinski definition) is 7. The van der Waals surface area contributed by atoms with Gasteiger partial charge in [-0.1, -0.05) is 18.5 Å². The quantitative estimate of drug-likeness (QED) is 0.333. The molecule has 1 aromatic carbocycles. The molecule has 12 heteroatoms. The molecule has 7 nitrogen and oxygen atoms in total. The van der Waals surface area contributed by atoms with Gasteiger partial charge in [-0.05, 0) is 24.3 Å². The van der Waals surface area contributed by atoms with E-state index in [0.717, 1.165) is 17.5 Å². The zero-order valence-electron chi connectivity index (χ0n) is 17.4. The summed E-state index contributed by atoms with van der Waals surface area (Å²) in [6, 6.07) is 5.74. The van der Waals surface area contributed by atoms with Crippen molar-refractivity contribution in [2.75, 3.05) is 5.32 Å². The molecule has 0 bridgehead atoms. The molecule has 174 valence electrons. The molecule has 0 aliphatic carbocycles. The molecule has 1 atom stereocenters. The van der Waals surface area contributed by atoms with E-state index < -0.39 is 22.7 Å². The average Bonchev–Trinajstić information content (AvgIpc) is 3.30. The second kappa shape index (κ2) is 9.43. The van der Waals surface area contributed by atoms with Crippen LogP contribution in [0.25, 0.3) is 11.0 Å². The van der Waals surface area contributed by atoms with Gasteiger partial charge in [0.25, 0.3) is 5.91 Å². The summed E-state index contributed by atoms with van der Waals surface area (Å²) in [4.78, 5) is 41.7. The predicted molar refractivity (Wildman–Crippen MR) is 121 cm³/mol. The lowest BCUT2D eigenvalue weighted by atomic mass is 10.00. The van der Waals surface area contributed by atoms with Crippen molar-refractivity contribution in [1.29, 1.82) is 0 Å². The van der Waals surface area contributed by atoms with Gasteiger partial charge in [0.15, 0.2) is 5.78 Å².